The summed E-state index contributed by atoms with van der Waals surface area (Å²) >= 11 is 3.28. The summed E-state index contributed by atoms with van der Waals surface area (Å²) in [6, 6.07) is 4.40. The van der Waals surface area contributed by atoms with Gasteiger partial charge in [-0.25, -0.2) is 4.39 Å². The molecule has 3 unspecified atom stereocenters. The average Bonchev–Trinajstić information content (AvgIpc) is 2.32. The van der Waals surface area contributed by atoms with Gasteiger partial charge in [0.2, 0.25) is 0 Å². The van der Waals surface area contributed by atoms with Crippen molar-refractivity contribution in [3.05, 3.63) is 28.5 Å². The van der Waals surface area contributed by atoms with Crippen LogP contribution in [0.1, 0.15) is 19.8 Å². The van der Waals surface area contributed by atoms with Crippen LogP contribution >= 0.6 is 15.9 Å². The van der Waals surface area contributed by atoms with Gasteiger partial charge in [0, 0.05) is 19.1 Å². The lowest BCUT2D eigenvalue weighted by Gasteiger charge is -2.41. The molecule has 18 heavy (non-hydrogen) atoms. The molecule has 100 valence electrons. The van der Waals surface area contributed by atoms with Crippen molar-refractivity contribution in [3.8, 4) is 5.75 Å². The van der Waals surface area contributed by atoms with Gasteiger partial charge in [0.05, 0.1) is 4.47 Å². The van der Waals surface area contributed by atoms with Gasteiger partial charge in [-0.3, -0.25) is 0 Å². The van der Waals surface area contributed by atoms with E-state index in [1.165, 1.54) is 12.1 Å². The maximum absolute atomic E-state index is 13.0. The van der Waals surface area contributed by atoms with E-state index in [0.717, 1.165) is 12.8 Å². The van der Waals surface area contributed by atoms with Gasteiger partial charge in [0.15, 0.2) is 0 Å². The van der Waals surface area contributed by atoms with E-state index in [1.54, 1.807) is 6.07 Å². The highest BCUT2D eigenvalue weighted by Gasteiger charge is 2.41. The largest absolute Gasteiger partial charge is 0.486 e. The van der Waals surface area contributed by atoms with Crippen LogP contribution in [-0.2, 0) is 4.74 Å². The first-order valence-corrected chi connectivity index (χ1v) is 6.90. The second-order valence-electron chi connectivity index (χ2n) is 4.47. The topological polar surface area (TPSA) is 44.5 Å². The normalized spacial score (nSPS) is 26.8. The summed E-state index contributed by atoms with van der Waals surface area (Å²) in [5.41, 5.74) is 5.89. The summed E-state index contributed by atoms with van der Waals surface area (Å²) in [4.78, 5) is 0. The Labute approximate surface area is 115 Å². The van der Waals surface area contributed by atoms with Gasteiger partial charge < -0.3 is 15.2 Å². The Morgan fingerprint density at radius 3 is 2.89 bits per heavy atom. The number of nitrogens with two attached hydrogens (primary N) is 1. The third-order valence-electron chi connectivity index (χ3n) is 2.98. The summed E-state index contributed by atoms with van der Waals surface area (Å²) in [6.45, 7) is 2.74. The molecular weight excluding hydrogens is 301 g/mol. The fourth-order valence-corrected chi connectivity index (χ4v) is 2.39. The second kappa shape index (κ2) is 5.99. The molecule has 0 amide bonds. The van der Waals surface area contributed by atoms with Gasteiger partial charge in [-0.2, -0.15) is 0 Å². The van der Waals surface area contributed by atoms with Crippen molar-refractivity contribution < 1.29 is 13.9 Å². The van der Waals surface area contributed by atoms with Crippen LogP contribution in [0.3, 0.4) is 0 Å². The molecule has 1 aromatic carbocycles. The van der Waals surface area contributed by atoms with Crippen LogP contribution < -0.4 is 10.5 Å². The molecule has 0 saturated heterocycles. The summed E-state index contributed by atoms with van der Waals surface area (Å²) in [5.74, 6) is 0.330. The first-order chi connectivity index (χ1) is 8.61. The van der Waals surface area contributed by atoms with Crippen LogP contribution in [0.15, 0.2) is 22.7 Å². The van der Waals surface area contributed by atoms with E-state index in [4.69, 9.17) is 15.2 Å². The molecule has 0 heterocycles. The molecule has 1 saturated carbocycles. The van der Waals surface area contributed by atoms with Crippen molar-refractivity contribution in [1.82, 2.24) is 0 Å². The number of hydrogen-bond acceptors (Lipinski definition) is 3. The zero-order chi connectivity index (χ0) is 13.1. The van der Waals surface area contributed by atoms with Gasteiger partial charge in [-0.15, -0.1) is 0 Å². The average molecular weight is 318 g/mol. The van der Waals surface area contributed by atoms with Gasteiger partial charge in [-0.1, -0.05) is 6.92 Å². The van der Waals surface area contributed by atoms with Crippen molar-refractivity contribution in [2.24, 2.45) is 5.73 Å². The minimum absolute atomic E-state index is 0.0285. The highest BCUT2D eigenvalue weighted by molar-refractivity contribution is 9.10. The zero-order valence-corrected chi connectivity index (χ0v) is 11.8. The molecule has 2 rings (SSSR count). The fraction of sp³-hybridized carbons (Fsp3) is 0.538. The lowest BCUT2D eigenvalue weighted by molar-refractivity contribution is -0.0982. The predicted octanol–water partition coefficient (Wildman–Crippen LogP) is 2.86. The molecule has 0 aliphatic heterocycles. The van der Waals surface area contributed by atoms with Gasteiger partial charge in [0.25, 0.3) is 0 Å². The van der Waals surface area contributed by atoms with Crippen molar-refractivity contribution in [2.75, 3.05) is 6.61 Å². The number of benzene rings is 1. The molecule has 3 nitrogen and oxygen atoms in total. The Bertz CT molecular complexity index is 416. The summed E-state index contributed by atoms with van der Waals surface area (Å²) in [5, 5.41) is 0. The number of rotatable bonds is 5. The maximum atomic E-state index is 13.0. The Hall–Kier alpha value is -0.650. The third-order valence-corrected chi connectivity index (χ3v) is 3.60. The monoisotopic (exact) mass is 317 g/mol. The SMILES string of the molecule is CCCOC1C(N)CC1Oc1ccc(F)cc1Br. The minimum Gasteiger partial charge on any atom is -0.486 e. The van der Waals surface area contributed by atoms with E-state index in [-0.39, 0.29) is 24.1 Å². The lowest BCUT2D eigenvalue weighted by atomic mass is 9.86. The number of ether oxygens (including phenoxy) is 2. The van der Waals surface area contributed by atoms with Crippen LogP contribution in [0.2, 0.25) is 0 Å². The molecule has 3 atom stereocenters. The van der Waals surface area contributed by atoms with Crippen LogP contribution in [0.5, 0.6) is 5.75 Å². The van der Waals surface area contributed by atoms with E-state index in [0.29, 0.717) is 16.8 Å². The molecule has 1 aliphatic rings. The van der Waals surface area contributed by atoms with Crippen LogP contribution in [0, 0.1) is 5.82 Å². The molecule has 1 aliphatic carbocycles. The van der Waals surface area contributed by atoms with Gasteiger partial charge in [0.1, 0.15) is 23.8 Å². The van der Waals surface area contributed by atoms with Crippen molar-refractivity contribution in [1.29, 1.82) is 0 Å². The van der Waals surface area contributed by atoms with E-state index in [1.807, 2.05) is 0 Å². The smallest absolute Gasteiger partial charge is 0.134 e. The Kier molecular flexibility index (Phi) is 4.59. The van der Waals surface area contributed by atoms with Crippen LogP contribution in [0.4, 0.5) is 4.39 Å². The quantitative estimate of drug-likeness (QED) is 0.908. The number of hydrogen-bond donors (Lipinski definition) is 1. The standard InChI is InChI=1S/C13H17BrFNO2/c1-2-5-17-13-10(16)7-12(13)18-11-4-3-8(15)6-9(11)14/h3-4,6,10,12-13H,2,5,7,16H2,1H3. The van der Waals surface area contributed by atoms with Crippen LogP contribution in [0.25, 0.3) is 0 Å². The summed E-state index contributed by atoms with van der Waals surface area (Å²) in [7, 11) is 0. The molecule has 5 heteroatoms. The van der Waals surface area contributed by atoms with E-state index in [2.05, 4.69) is 22.9 Å². The van der Waals surface area contributed by atoms with E-state index < -0.39 is 0 Å². The minimum atomic E-state index is -0.293. The molecule has 1 fully saturated rings. The van der Waals surface area contributed by atoms with Crippen molar-refractivity contribution >= 4 is 15.9 Å². The Morgan fingerprint density at radius 2 is 2.28 bits per heavy atom. The Morgan fingerprint density at radius 1 is 1.50 bits per heavy atom. The number of halogens is 2. The first-order valence-electron chi connectivity index (χ1n) is 6.10. The van der Waals surface area contributed by atoms with Crippen LogP contribution in [-0.4, -0.2) is 24.9 Å². The lowest BCUT2D eigenvalue weighted by Crippen LogP contribution is -2.59. The molecular formula is C13H17BrFNO2. The fourth-order valence-electron chi connectivity index (χ4n) is 1.95. The van der Waals surface area contributed by atoms with Gasteiger partial charge >= 0.3 is 0 Å². The third kappa shape index (κ3) is 3.02. The first kappa shape index (κ1) is 13.8. The molecule has 2 N–H and O–H groups in total. The highest BCUT2D eigenvalue weighted by atomic mass is 79.9. The Balaban J connectivity index is 1.96. The van der Waals surface area contributed by atoms with Crippen molar-refractivity contribution in [2.45, 2.75) is 38.0 Å². The molecule has 1 aromatic rings. The zero-order valence-electron chi connectivity index (χ0n) is 10.2. The molecule has 0 aromatic heterocycles. The molecule has 0 spiro atoms. The van der Waals surface area contributed by atoms with Gasteiger partial charge in [-0.05, 0) is 40.5 Å². The summed E-state index contributed by atoms with van der Waals surface area (Å²) < 4.78 is 25.0. The molecule has 0 bridgehead atoms. The highest BCUT2D eigenvalue weighted by Crippen LogP contribution is 2.32. The predicted molar refractivity (Wildman–Crippen MR) is 71.1 cm³/mol. The van der Waals surface area contributed by atoms with E-state index >= 15 is 0 Å². The summed E-state index contributed by atoms with van der Waals surface area (Å²) in [6.07, 6.45) is 1.60. The van der Waals surface area contributed by atoms with Crippen molar-refractivity contribution in [3.63, 3.8) is 0 Å². The second-order valence-corrected chi connectivity index (χ2v) is 5.32. The maximum Gasteiger partial charge on any atom is 0.134 e. The van der Waals surface area contributed by atoms with E-state index in [9.17, 15) is 4.39 Å². The molecule has 0 radical (unpaired) electrons.